The first-order chi connectivity index (χ1) is 15.2. The smallest absolute Gasteiger partial charge is 0.261 e. The first-order valence-corrected chi connectivity index (χ1v) is 10.8. The third-order valence-corrected chi connectivity index (χ3v) is 5.67. The van der Waals surface area contributed by atoms with Gasteiger partial charge >= 0.3 is 0 Å². The molecular weight excluding hydrogens is 390 g/mol. The highest BCUT2D eigenvalue weighted by Gasteiger charge is 2.34. The van der Waals surface area contributed by atoms with Crippen molar-refractivity contribution in [1.82, 2.24) is 9.88 Å². The Labute approximate surface area is 182 Å². The number of fused-ring (bicyclic) bond motifs is 2. The van der Waals surface area contributed by atoms with Crippen molar-refractivity contribution in [2.45, 2.75) is 32.1 Å². The number of anilines is 1. The van der Waals surface area contributed by atoms with Crippen LogP contribution >= 0.6 is 0 Å². The van der Waals surface area contributed by atoms with E-state index in [4.69, 9.17) is 4.74 Å². The van der Waals surface area contributed by atoms with E-state index < -0.39 is 0 Å². The minimum absolute atomic E-state index is 0.163. The molecule has 0 unspecified atom stereocenters. The van der Waals surface area contributed by atoms with E-state index in [0.717, 1.165) is 61.0 Å². The van der Waals surface area contributed by atoms with E-state index in [1.165, 1.54) is 4.90 Å². The van der Waals surface area contributed by atoms with Crippen LogP contribution in [-0.4, -0.2) is 41.9 Å². The number of methoxy groups -OCH3 is 1. The number of carbonyl (C=O) groups is 2. The Bertz CT molecular complexity index is 1060. The van der Waals surface area contributed by atoms with Crippen molar-refractivity contribution in [3.05, 3.63) is 65.9 Å². The van der Waals surface area contributed by atoms with Gasteiger partial charge in [0.05, 0.1) is 29.4 Å². The van der Waals surface area contributed by atoms with Gasteiger partial charge in [0.15, 0.2) is 0 Å². The molecule has 3 aromatic rings. The van der Waals surface area contributed by atoms with Gasteiger partial charge in [-0.15, -0.1) is 0 Å². The van der Waals surface area contributed by atoms with Crippen LogP contribution < -0.4 is 10.1 Å². The maximum Gasteiger partial charge on any atom is 0.261 e. The van der Waals surface area contributed by atoms with Gasteiger partial charge in [0.1, 0.15) is 5.75 Å². The zero-order valence-corrected chi connectivity index (χ0v) is 17.8. The summed E-state index contributed by atoms with van der Waals surface area (Å²) in [5.41, 5.74) is 2.99. The molecule has 0 radical (unpaired) electrons. The number of hydrogen-bond donors (Lipinski definition) is 1. The fraction of sp³-hybridized carbons (Fsp3) is 0.320. The zero-order chi connectivity index (χ0) is 21.6. The molecule has 6 heteroatoms. The van der Waals surface area contributed by atoms with Crippen LogP contribution in [0.25, 0.3) is 10.9 Å². The summed E-state index contributed by atoms with van der Waals surface area (Å²) in [6, 6.07) is 15.0. The van der Waals surface area contributed by atoms with Gasteiger partial charge in [-0.3, -0.25) is 19.5 Å². The molecule has 0 fully saturated rings. The van der Waals surface area contributed by atoms with Crippen molar-refractivity contribution in [2.75, 3.05) is 25.5 Å². The molecule has 0 saturated heterocycles. The summed E-state index contributed by atoms with van der Waals surface area (Å²) in [5.74, 6) is 0.490. The molecule has 2 aromatic carbocycles. The van der Waals surface area contributed by atoms with Crippen molar-refractivity contribution < 1.29 is 14.3 Å². The molecule has 160 valence electrons. The van der Waals surface area contributed by atoms with Crippen molar-refractivity contribution in [3.63, 3.8) is 0 Å². The minimum atomic E-state index is -0.163. The van der Waals surface area contributed by atoms with Crippen LogP contribution in [0.15, 0.2) is 54.7 Å². The van der Waals surface area contributed by atoms with Gasteiger partial charge in [-0.1, -0.05) is 37.5 Å². The van der Waals surface area contributed by atoms with E-state index in [-0.39, 0.29) is 11.8 Å². The number of carbonyl (C=O) groups excluding carboxylic acids is 2. The summed E-state index contributed by atoms with van der Waals surface area (Å²) in [5, 5.41) is 4.53. The third-order valence-electron chi connectivity index (χ3n) is 5.67. The number of nitrogens with zero attached hydrogens (tertiary/aromatic N) is 2. The van der Waals surface area contributed by atoms with Crippen molar-refractivity contribution in [2.24, 2.45) is 0 Å². The summed E-state index contributed by atoms with van der Waals surface area (Å²) in [7, 11) is 1.67. The van der Waals surface area contributed by atoms with Crippen LogP contribution in [0.2, 0.25) is 0 Å². The average molecular weight is 418 g/mol. The Kier molecular flexibility index (Phi) is 6.46. The van der Waals surface area contributed by atoms with Crippen LogP contribution in [0.1, 0.15) is 52.8 Å². The Balaban J connectivity index is 1.17. The summed E-state index contributed by atoms with van der Waals surface area (Å²) >= 11 is 0. The van der Waals surface area contributed by atoms with Crippen LogP contribution in [0.3, 0.4) is 0 Å². The van der Waals surface area contributed by atoms with E-state index in [2.05, 4.69) is 10.3 Å². The molecule has 1 aliphatic rings. The van der Waals surface area contributed by atoms with E-state index >= 15 is 0 Å². The summed E-state index contributed by atoms with van der Waals surface area (Å²) in [4.78, 5) is 30.6. The summed E-state index contributed by atoms with van der Waals surface area (Å²) < 4.78 is 5.39. The van der Waals surface area contributed by atoms with Gasteiger partial charge in [-0.25, -0.2) is 0 Å². The number of ether oxygens (including phenoxy) is 1. The van der Waals surface area contributed by atoms with Gasteiger partial charge < -0.3 is 10.1 Å². The number of hydrogen-bond acceptors (Lipinski definition) is 5. The molecule has 0 saturated carbocycles. The van der Waals surface area contributed by atoms with Crippen LogP contribution in [0, 0.1) is 0 Å². The third kappa shape index (κ3) is 4.53. The number of amides is 2. The van der Waals surface area contributed by atoms with Crippen LogP contribution in [0.5, 0.6) is 5.75 Å². The van der Waals surface area contributed by atoms with E-state index in [0.29, 0.717) is 17.7 Å². The topological polar surface area (TPSA) is 71.5 Å². The highest BCUT2D eigenvalue weighted by Crippen LogP contribution is 2.28. The molecule has 2 amide bonds. The first-order valence-electron chi connectivity index (χ1n) is 10.8. The molecule has 6 nitrogen and oxygen atoms in total. The van der Waals surface area contributed by atoms with E-state index in [1.54, 1.807) is 37.6 Å². The molecule has 1 aromatic heterocycles. The summed E-state index contributed by atoms with van der Waals surface area (Å²) in [6.07, 6.45) is 6.83. The van der Waals surface area contributed by atoms with Crippen LogP contribution in [0.4, 0.5) is 5.69 Å². The molecule has 2 heterocycles. The SMILES string of the molecule is COc1cc(NCCCCCCCN2C(=O)c3ccccc3C2=O)c2ncccc2c1. The predicted octanol–water partition coefficient (Wildman–Crippen LogP) is 4.90. The predicted molar refractivity (Wildman–Crippen MR) is 122 cm³/mol. The first kappa shape index (κ1) is 20.8. The number of pyridine rings is 1. The van der Waals surface area contributed by atoms with Crippen molar-refractivity contribution in [1.29, 1.82) is 0 Å². The Morgan fingerprint density at radius 1 is 0.903 bits per heavy atom. The molecule has 0 spiro atoms. The molecule has 1 N–H and O–H groups in total. The standard InChI is InChI=1S/C25H27N3O3/c1-31-19-16-18-10-9-14-27-23(18)22(17-19)26-13-7-3-2-4-8-15-28-24(29)20-11-5-6-12-21(20)25(28)30/h5-6,9-12,14,16-17,26H,2-4,7-8,13,15H2,1H3. The van der Waals surface area contributed by atoms with Gasteiger partial charge in [0.25, 0.3) is 11.8 Å². The lowest BCUT2D eigenvalue weighted by atomic mass is 10.1. The van der Waals surface area contributed by atoms with Crippen molar-refractivity contribution >= 4 is 28.4 Å². The van der Waals surface area contributed by atoms with Crippen LogP contribution in [-0.2, 0) is 0 Å². The molecule has 4 rings (SSSR count). The molecular formula is C25H27N3O3. The second kappa shape index (κ2) is 9.60. The van der Waals surface area contributed by atoms with Gasteiger partial charge in [0, 0.05) is 30.7 Å². The molecule has 31 heavy (non-hydrogen) atoms. The number of nitrogens with one attached hydrogen (secondary N) is 1. The highest BCUT2D eigenvalue weighted by molar-refractivity contribution is 6.21. The fourth-order valence-electron chi connectivity index (χ4n) is 4.01. The zero-order valence-electron chi connectivity index (χ0n) is 17.8. The normalized spacial score (nSPS) is 13.0. The number of imide groups is 1. The maximum atomic E-state index is 12.4. The monoisotopic (exact) mass is 417 g/mol. The lowest BCUT2D eigenvalue weighted by Crippen LogP contribution is -2.30. The lowest BCUT2D eigenvalue weighted by molar-refractivity contribution is 0.0651. The summed E-state index contributed by atoms with van der Waals surface area (Å²) in [6.45, 7) is 1.35. The van der Waals surface area contributed by atoms with Crippen molar-refractivity contribution in [3.8, 4) is 5.75 Å². The molecule has 0 bridgehead atoms. The van der Waals surface area contributed by atoms with Gasteiger partial charge in [-0.2, -0.15) is 0 Å². The maximum absolute atomic E-state index is 12.4. The van der Waals surface area contributed by atoms with E-state index in [9.17, 15) is 9.59 Å². The highest BCUT2D eigenvalue weighted by atomic mass is 16.5. The van der Waals surface area contributed by atoms with Gasteiger partial charge in [0.2, 0.25) is 0 Å². The second-order valence-corrected chi connectivity index (χ2v) is 7.75. The number of benzene rings is 2. The fourth-order valence-corrected chi connectivity index (χ4v) is 4.01. The number of rotatable bonds is 10. The minimum Gasteiger partial charge on any atom is -0.497 e. The Morgan fingerprint density at radius 3 is 2.35 bits per heavy atom. The molecule has 0 atom stereocenters. The number of aromatic nitrogens is 1. The molecule has 1 aliphatic heterocycles. The molecule has 0 aliphatic carbocycles. The number of unbranched alkanes of at least 4 members (excludes halogenated alkanes) is 4. The van der Waals surface area contributed by atoms with Gasteiger partial charge in [-0.05, 0) is 37.1 Å². The van der Waals surface area contributed by atoms with E-state index in [1.807, 2.05) is 24.3 Å². The Hall–Kier alpha value is -3.41. The lowest BCUT2D eigenvalue weighted by Gasteiger charge is -2.13. The Morgan fingerprint density at radius 2 is 1.61 bits per heavy atom. The quantitative estimate of drug-likeness (QED) is 0.375. The second-order valence-electron chi connectivity index (χ2n) is 7.75. The largest absolute Gasteiger partial charge is 0.497 e. The average Bonchev–Trinajstić information content (AvgIpc) is 3.05.